The summed E-state index contributed by atoms with van der Waals surface area (Å²) in [6.07, 6.45) is 4.90. The summed E-state index contributed by atoms with van der Waals surface area (Å²) in [6.45, 7) is 5.92. The Kier molecular flexibility index (Phi) is 6.44. The molecular formula is C8H16S2. The zero-order valence-electron chi connectivity index (χ0n) is 6.51. The van der Waals surface area contributed by atoms with E-state index in [9.17, 15) is 0 Å². The molecule has 0 saturated carbocycles. The van der Waals surface area contributed by atoms with Crippen LogP contribution in [0.3, 0.4) is 0 Å². The van der Waals surface area contributed by atoms with E-state index in [1.807, 2.05) is 0 Å². The van der Waals surface area contributed by atoms with Gasteiger partial charge in [-0.3, -0.25) is 0 Å². The lowest BCUT2D eigenvalue weighted by Crippen LogP contribution is -1.96. The van der Waals surface area contributed by atoms with Crippen molar-refractivity contribution in [2.45, 2.75) is 37.9 Å². The molecule has 0 aliphatic heterocycles. The first-order valence-corrected chi connectivity index (χ1v) is 4.70. The molecule has 60 valence electrons. The topological polar surface area (TPSA) is 0 Å². The Labute approximate surface area is 74.9 Å². The number of hydrogen-bond donors (Lipinski definition) is 2. The van der Waals surface area contributed by atoms with Crippen LogP contribution in [0, 0.1) is 0 Å². The Morgan fingerprint density at radius 2 is 2.10 bits per heavy atom. The van der Waals surface area contributed by atoms with E-state index < -0.39 is 0 Å². The van der Waals surface area contributed by atoms with E-state index in [2.05, 4.69) is 38.8 Å². The van der Waals surface area contributed by atoms with Gasteiger partial charge in [0, 0.05) is 5.25 Å². The molecule has 0 spiro atoms. The summed E-state index contributed by atoms with van der Waals surface area (Å²) in [5.41, 5.74) is 0. The summed E-state index contributed by atoms with van der Waals surface area (Å²) in [5, 5.41) is 0.287. The second-order valence-electron chi connectivity index (χ2n) is 2.50. The van der Waals surface area contributed by atoms with Crippen molar-refractivity contribution in [1.82, 2.24) is 0 Å². The first-order chi connectivity index (χ1) is 4.68. The van der Waals surface area contributed by atoms with Crippen LogP contribution >= 0.6 is 25.3 Å². The van der Waals surface area contributed by atoms with Crippen LogP contribution in [0.2, 0.25) is 0 Å². The van der Waals surface area contributed by atoms with E-state index in [1.165, 1.54) is 19.3 Å². The van der Waals surface area contributed by atoms with Crippen LogP contribution in [0.15, 0.2) is 11.5 Å². The third-order valence-electron chi connectivity index (χ3n) is 1.47. The lowest BCUT2D eigenvalue weighted by Gasteiger charge is -2.07. The Morgan fingerprint density at radius 3 is 2.50 bits per heavy atom. The van der Waals surface area contributed by atoms with Gasteiger partial charge in [-0.25, -0.2) is 0 Å². The van der Waals surface area contributed by atoms with E-state index in [1.54, 1.807) is 0 Å². The monoisotopic (exact) mass is 176 g/mol. The molecule has 0 nitrogen and oxygen atoms in total. The van der Waals surface area contributed by atoms with Gasteiger partial charge in [0.2, 0.25) is 0 Å². The van der Waals surface area contributed by atoms with E-state index >= 15 is 0 Å². The van der Waals surface area contributed by atoms with Gasteiger partial charge in [0.25, 0.3) is 0 Å². The molecule has 0 radical (unpaired) electrons. The molecule has 0 aromatic heterocycles. The first kappa shape index (κ1) is 10.4. The van der Waals surface area contributed by atoms with Crippen LogP contribution in [-0.2, 0) is 0 Å². The maximum absolute atomic E-state index is 4.32. The van der Waals surface area contributed by atoms with E-state index in [0.717, 1.165) is 11.3 Å². The molecule has 0 bridgehead atoms. The van der Waals surface area contributed by atoms with Crippen LogP contribution in [0.1, 0.15) is 32.6 Å². The summed E-state index contributed by atoms with van der Waals surface area (Å²) in [4.78, 5) is 0.888. The predicted molar refractivity (Wildman–Crippen MR) is 55.0 cm³/mol. The average Bonchev–Trinajstić information content (AvgIpc) is 1.88. The van der Waals surface area contributed by atoms with E-state index in [0.29, 0.717) is 0 Å². The fourth-order valence-electron chi connectivity index (χ4n) is 0.754. The van der Waals surface area contributed by atoms with Gasteiger partial charge in [-0.1, -0.05) is 32.8 Å². The van der Waals surface area contributed by atoms with E-state index in [4.69, 9.17) is 0 Å². The number of thiol groups is 2. The van der Waals surface area contributed by atoms with Gasteiger partial charge >= 0.3 is 0 Å². The van der Waals surface area contributed by atoms with Crippen molar-refractivity contribution in [2.75, 3.05) is 0 Å². The molecule has 0 fully saturated rings. The standard InChI is InChI=1S/C8H16S2/c1-3-4-5-6-8(10)7(2)9/h8-10H,2-6H2,1H3. The highest BCUT2D eigenvalue weighted by Crippen LogP contribution is 2.17. The van der Waals surface area contributed by atoms with Gasteiger partial charge in [-0.15, -0.1) is 12.6 Å². The summed E-state index contributed by atoms with van der Waals surface area (Å²) < 4.78 is 0. The van der Waals surface area contributed by atoms with Crippen LogP contribution in [0.5, 0.6) is 0 Å². The molecule has 10 heavy (non-hydrogen) atoms. The second kappa shape index (κ2) is 6.17. The Morgan fingerprint density at radius 1 is 1.50 bits per heavy atom. The molecule has 0 aliphatic rings. The van der Waals surface area contributed by atoms with Crippen LogP contribution in [0.25, 0.3) is 0 Å². The minimum absolute atomic E-state index is 0.287. The number of hydrogen-bond acceptors (Lipinski definition) is 2. The summed E-state index contributed by atoms with van der Waals surface area (Å²) >= 11 is 8.45. The zero-order chi connectivity index (χ0) is 7.98. The summed E-state index contributed by atoms with van der Waals surface area (Å²) in [6, 6.07) is 0. The number of rotatable bonds is 5. The molecule has 0 amide bonds. The molecular weight excluding hydrogens is 160 g/mol. The SMILES string of the molecule is C=C(S)C(S)CCCCC. The van der Waals surface area contributed by atoms with Crippen LogP contribution < -0.4 is 0 Å². The highest BCUT2D eigenvalue weighted by atomic mass is 32.1. The van der Waals surface area contributed by atoms with Gasteiger partial charge in [0.1, 0.15) is 0 Å². The predicted octanol–water partition coefficient (Wildman–Crippen LogP) is 3.31. The van der Waals surface area contributed by atoms with Crippen LogP contribution in [0.4, 0.5) is 0 Å². The smallest absolute Gasteiger partial charge is 0.0318 e. The normalized spacial score (nSPS) is 13.1. The molecule has 2 heteroatoms. The maximum atomic E-state index is 4.32. The van der Waals surface area contributed by atoms with Gasteiger partial charge in [-0.05, 0) is 11.3 Å². The minimum atomic E-state index is 0.287. The van der Waals surface area contributed by atoms with Crippen molar-refractivity contribution >= 4 is 25.3 Å². The van der Waals surface area contributed by atoms with Gasteiger partial charge in [0.05, 0.1) is 0 Å². The average molecular weight is 176 g/mol. The quantitative estimate of drug-likeness (QED) is 0.466. The summed E-state index contributed by atoms with van der Waals surface area (Å²) in [5.74, 6) is 0. The maximum Gasteiger partial charge on any atom is 0.0318 e. The highest BCUT2D eigenvalue weighted by Gasteiger charge is 2.01. The Balaban J connectivity index is 3.21. The van der Waals surface area contributed by atoms with Gasteiger partial charge < -0.3 is 0 Å². The molecule has 0 aliphatic carbocycles. The molecule has 0 aromatic carbocycles. The third kappa shape index (κ3) is 5.24. The molecule has 0 N–H and O–H groups in total. The third-order valence-corrected chi connectivity index (χ3v) is 2.55. The molecule has 0 saturated heterocycles. The minimum Gasteiger partial charge on any atom is -0.171 e. The van der Waals surface area contributed by atoms with E-state index in [-0.39, 0.29) is 5.25 Å². The first-order valence-electron chi connectivity index (χ1n) is 3.74. The largest absolute Gasteiger partial charge is 0.171 e. The Bertz CT molecular complexity index is 99.4. The lowest BCUT2D eigenvalue weighted by molar-refractivity contribution is 0.680. The van der Waals surface area contributed by atoms with Crippen molar-refractivity contribution < 1.29 is 0 Å². The van der Waals surface area contributed by atoms with Crippen molar-refractivity contribution in [3.8, 4) is 0 Å². The fraction of sp³-hybridized carbons (Fsp3) is 0.750. The lowest BCUT2D eigenvalue weighted by atomic mass is 10.1. The molecule has 0 rings (SSSR count). The zero-order valence-corrected chi connectivity index (χ0v) is 8.30. The highest BCUT2D eigenvalue weighted by molar-refractivity contribution is 7.88. The van der Waals surface area contributed by atoms with Gasteiger partial charge in [0.15, 0.2) is 0 Å². The molecule has 0 aromatic rings. The fourth-order valence-corrected chi connectivity index (χ4v) is 1.07. The molecule has 0 heterocycles. The Hall–Kier alpha value is 0.440. The van der Waals surface area contributed by atoms with Crippen molar-refractivity contribution in [3.63, 3.8) is 0 Å². The van der Waals surface area contributed by atoms with Crippen LogP contribution in [-0.4, -0.2) is 5.25 Å². The van der Waals surface area contributed by atoms with Crippen molar-refractivity contribution in [1.29, 1.82) is 0 Å². The molecule has 1 unspecified atom stereocenters. The van der Waals surface area contributed by atoms with Crippen molar-refractivity contribution in [3.05, 3.63) is 11.5 Å². The molecule has 1 atom stereocenters. The number of unbranched alkanes of at least 4 members (excludes halogenated alkanes) is 2. The van der Waals surface area contributed by atoms with Crippen molar-refractivity contribution in [2.24, 2.45) is 0 Å². The second-order valence-corrected chi connectivity index (χ2v) is 3.70. The van der Waals surface area contributed by atoms with Gasteiger partial charge in [-0.2, -0.15) is 12.6 Å². The summed E-state index contributed by atoms with van der Waals surface area (Å²) in [7, 11) is 0.